The number of ether oxygens (including phenoxy) is 1. The second-order valence-electron chi connectivity index (χ2n) is 6.94. The Kier molecular flexibility index (Phi) is 4.97. The Bertz CT molecular complexity index is 906. The van der Waals surface area contributed by atoms with Gasteiger partial charge < -0.3 is 15.4 Å². The Morgan fingerprint density at radius 1 is 1.00 bits per heavy atom. The van der Waals surface area contributed by atoms with E-state index in [0.717, 1.165) is 12.8 Å². The van der Waals surface area contributed by atoms with Gasteiger partial charge in [-0.1, -0.05) is 12.1 Å². The van der Waals surface area contributed by atoms with Gasteiger partial charge in [0.15, 0.2) is 0 Å². The van der Waals surface area contributed by atoms with E-state index in [1.165, 1.54) is 4.90 Å². The molecule has 1 aliphatic heterocycles. The third-order valence-electron chi connectivity index (χ3n) is 4.72. The maximum absolute atomic E-state index is 12.5. The van der Waals surface area contributed by atoms with Crippen molar-refractivity contribution in [2.24, 2.45) is 5.92 Å². The number of rotatable bonds is 5. The fourth-order valence-electron chi connectivity index (χ4n) is 3.06. The van der Waals surface area contributed by atoms with Gasteiger partial charge in [0, 0.05) is 17.3 Å². The zero-order chi connectivity index (χ0) is 19.5. The van der Waals surface area contributed by atoms with E-state index < -0.39 is 0 Å². The highest BCUT2D eigenvalue weighted by Crippen LogP contribution is 2.31. The summed E-state index contributed by atoms with van der Waals surface area (Å²) >= 11 is 0. The van der Waals surface area contributed by atoms with Gasteiger partial charge in [0.25, 0.3) is 0 Å². The Hall–Kier alpha value is -3.35. The van der Waals surface area contributed by atoms with Crippen LogP contribution in [0.15, 0.2) is 48.5 Å². The number of benzene rings is 2. The fraction of sp³-hybridized carbons (Fsp3) is 0.286. The minimum absolute atomic E-state index is 0.0392. The molecule has 0 bridgehead atoms. The first kappa shape index (κ1) is 18.0. The number of fused-ring (bicyclic) bond motifs is 1. The number of para-hydroxylation sites is 2. The molecule has 144 valence electrons. The number of nitrogens with one attached hydrogen (secondary N) is 2. The van der Waals surface area contributed by atoms with Crippen LogP contribution in [0.5, 0.6) is 5.75 Å². The molecule has 0 spiro atoms. The first-order chi connectivity index (χ1) is 13.6. The Labute approximate surface area is 162 Å². The highest BCUT2D eigenvalue weighted by Gasteiger charge is 2.29. The number of anilines is 3. The van der Waals surface area contributed by atoms with Crippen molar-refractivity contribution in [3.63, 3.8) is 0 Å². The minimum Gasteiger partial charge on any atom is -0.491 e. The van der Waals surface area contributed by atoms with Crippen molar-refractivity contribution in [1.82, 2.24) is 0 Å². The standard InChI is InChI=1S/C21H21N3O4/c25-19(13-24-17-3-1-2-4-18(17)28-12-11-20(24)26)22-15-7-9-16(10-8-15)23-21(27)14-5-6-14/h1-4,7-10,14H,5-6,11-13H2,(H,22,25)(H,23,27). The van der Waals surface area contributed by atoms with Crippen molar-refractivity contribution in [1.29, 1.82) is 0 Å². The van der Waals surface area contributed by atoms with Crippen LogP contribution in [0.2, 0.25) is 0 Å². The molecule has 7 nitrogen and oxygen atoms in total. The fourth-order valence-corrected chi connectivity index (χ4v) is 3.06. The largest absolute Gasteiger partial charge is 0.491 e. The highest BCUT2D eigenvalue weighted by atomic mass is 16.5. The average Bonchev–Trinajstić information content (AvgIpc) is 3.54. The minimum atomic E-state index is -0.306. The molecule has 0 unspecified atom stereocenters. The van der Waals surface area contributed by atoms with Gasteiger partial charge in [-0.05, 0) is 49.2 Å². The van der Waals surface area contributed by atoms with Crippen LogP contribution < -0.4 is 20.3 Å². The topological polar surface area (TPSA) is 87.7 Å². The molecule has 2 aliphatic rings. The molecule has 0 saturated heterocycles. The Balaban J connectivity index is 1.39. The molecule has 2 N–H and O–H groups in total. The molecule has 2 aromatic carbocycles. The van der Waals surface area contributed by atoms with E-state index in [1.807, 2.05) is 6.07 Å². The molecule has 3 amide bonds. The lowest BCUT2D eigenvalue weighted by molar-refractivity contribution is -0.121. The Morgan fingerprint density at radius 2 is 1.68 bits per heavy atom. The van der Waals surface area contributed by atoms with E-state index in [-0.39, 0.29) is 36.6 Å². The van der Waals surface area contributed by atoms with E-state index in [4.69, 9.17) is 4.74 Å². The summed E-state index contributed by atoms with van der Waals surface area (Å²) in [5, 5.41) is 5.65. The number of hydrogen-bond donors (Lipinski definition) is 2. The zero-order valence-electron chi connectivity index (χ0n) is 15.3. The predicted octanol–water partition coefficient (Wildman–Crippen LogP) is 2.79. The summed E-state index contributed by atoms with van der Waals surface area (Å²) in [4.78, 5) is 38.1. The molecule has 0 aromatic heterocycles. The van der Waals surface area contributed by atoms with E-state index >= 15 is 0 Å². The van der Waals surface area contributed by atoms with E-state index in [9.17, 15) is 14.4 Å². The maximum atomic E-state index is 12.5. The first-order valence-corrected chi connectivity index (χ1v) is 9.33. The van der Waals surface area contributed by atoms with Crippen molar-refractivity contribution < 1.29 is 19.1 Å². The first-order valence-electron chi connectivity index (χ1n) is 9.33. The molecule has 4 rings (SSSR count). The van der Waals surface area contributed by atoms with Crippen LogP contribution in [-0.4, -0.2) is 30.9 Å². The smallest absolute Gasteiger partial charge is 0.244 e. The third kappa shape index (κ3) is 4.14. The highest BCUT2D eigenvalue weighted by molar-refractivity contribution is 6.04. The number of nitrogens with zero attached hydrogens (tertiary/aromatic N) is 1. The van der Waals surface area contributed by atoms with Crippen LogP contribution in [0.25, 0.3) is 0 Å². The average molecular weight is 379 g/mol. The van der Waals surface area contributed by atoms with Gasteiger partial charge in [-0.15, -0.1) is 0 Å². The van der Waals surface area contributed by atoms with Crippen LogP contribution >= 0.6 is 0 Å². The van der Waals surface area contributed by atoms with Crippen LogP contribution in [0, 0.1) is 5.92 Å². The molecular weight excluding hydrogens is 358 g/mol. The maximum Gasteiger partial charge on any atom is 0.244 e. The number of hydrogen-bond acceptors (Lipinski definition) is 4. The number of amides is 3. The van der Waals surface area contributed by atoms with Crippen molar-refractivity contribution in [2.45, 2.75) is 19.3 Å². The Morgan fingerprint density at radius 3 is 2.39 bits per heavy atom. The van der Waals surface area contributed by atoms with E-state index in [2.05, 4.69) is 10.6 Å². The van der Waals surface area contributed by atoms with E-state index in [0.29, 0.717) is 29.4 Å². The van der Waals surface area contributed by atoms with Gasteiger partial charge in [-0.2, -0.15) is 0 Å². The molecule has 1 fully saturated rings. The predicted molar refractivity (Wildman–Crippen MR) is 105 cm³/mol. The van der Waals surface area contributed by atoms with Crippen LogP contribution in [0.1, 0.15) is 19.3 Å². The molecule has 0 atom stereocenters. The molecular formula is C21H21N3O4. The summed E-state index contributed by atoms with van der Waals surface area (Å²) in [6, 6.07) is 14.1. The molecule has 2 aromatic rings. The molecule has 1 heterocycles. The van der Waals surface area contributed by atoms with Gasteiger partial charge in [0.2, 0.25) is 17.7 Å². The van der Waals surface area contributed by atoms with Crippen LogP contribution in [0.3, 0.4) is 0 Å². The monoisotopic (exact) mass is 379 g/mol. The SMILES string of the molecule is O=C(CN1C(=O)CCOc2ccccc21)Nc1ccc(NC(=O)C2CC2)cc1. The molecule has 7 heteroatoms. The lowest BCUT2D eigenvalue weighted by Crippen LogP contribution is -2.37. The molecule has 1 aliphatic carbocycles. The molecule has 0 radical (unpaired) electrons. The van der Waals surface area contributed by atoms with Crippen LogP contribution in [0.4, 0.5) is 17.1 Å². The van der Waals surface area contributed by atoms with Crippen molar-refractivity contribution in [3.05, 3.63) is 48.5 Å². The lowest BCUT2D eigenvalue weighted by atomic mass is 10.2. The van der Waals surface area contributed by atoms with Gasteiger partial charge in [-0.3, -0.25) is 19.3 Å². The number of carbonyl (C=O) groups is 3. The van der Waals surface area contributed by atoms with Crippen LogP contribution in [-0.2, 0) is 14.4 Å². The summed E-state index contributed by atoms with van der Waals surface area (Å²) in [7, 11) is 0. The summed E-state index contributed by atoms with van der Waals surface area (Å²) < 4.78 is 5.59. The molecule has 1 saturated carbocycles. The van der Waals surface area contributed by atoms with E-state index in [1.54, 1.807) is 42.5 Å². The quantitative estimate of drug-likeness (QED) is 0.836. The summed E-state index contributed by atoms with van der Waals surface area (Å²) in [6.07, 6.45) is 2.12. The zero-order valence-corrected chi connectivity index (χ0v) is 15.3. The van der Waals surface area contributed by atoms with Crippen molar-refractivity contribution in [3.8, 4) is 5.75 Å². The summed E-state index contributed by atoms with van der Waals surface area (Å²) in [6.45, 7) is 0.196. The van der Waals surface area contributed by atoms with Crippen molar-refractivity contribution >= 4 is 34.8 Å². The normalized spacial score (nSPS) is 15.9. The third-order valence-corrected chi connectivity index (χ3v) is 4.72. The van der Waals surface area contributed by atoms with Crippen molar-refractivity contribution in [2.75, 3.05) is 28.7 Å². The second kappa shape index (κ2) is 7.72. The molecule has 28 heavy (non-hydrogen) atoms. The summed E-state index contributed by atoms with van der Waals surface area (Å²) in [5.41, 5.74) is 1.89. The lowest BCUT2D eigenvalue weighted by Gasteiger charge is -2.21. The summed E-state index contributed by atoms with van der Waals surface area (Å²) in [5.74, 6) is 0.310. The van der Waals surface area contributed by atoms with Gasteiger partial charge in [0.05, 0.1) is 18.7 Å². The van der Waals surface area contributed by atoms with Gasteiger partial charge in [0.1, 0.15) is 12.3 Å². The van der Waals surface area contributed by atoms with Gasteiger partial charge in [-0.25, -0.2) is 0 Å². The number of carbonyl (C=O) groups excluding carboxylic acids is 3. The van der Waals surface area contributed by atoms with Gasteiger partial charge >= 0.3 is 0 Å². The second-order valence-corrected chi connectivity index (χ2v) is 6.94.